The van der Waals surface area contributed by atoms with Gasteiger partial charge in [-0.05, 0) is 87.4 Å². The lowest BCUT2D eigenvalue weighted by Gasteiger charge is -2.07. The van der Waals surface area contributed by atoms with E-state index < -0.39 is 11.1 Å². The highest BCUT2D eigenvalue weighted by atomic mass is 36.0. The number of fused-ring (bicyclic) bond motifs is 1. The first-order chi connectivity index (χ1) is 24.4. The number of ketones is 1. The molecule has 15 heteroatoms. The van der Waals surface area contributed by atoms with Crippen LogP contribution in [-0.4, -0.2) is 34.2 Å². The highest BCUT2D eigenvalue weighted by molar-refractivity contribution is 8.24. The zero-order valence-corrected chi connectivity index (χ0v) is 31.9. The number of hydrogen-bond acceptors (Lipinski definition) is 9. The Balaban J connectivity index is 0.000000208. The molecule has 10 nitrogen and oxygen atoms in total. The summed E-state index contributed by atoms with van der Waals surface area (Å²) in [7, 11) is 0. The first-order valence-corrected chi connectivity index (χ1v) is 20.6. The van der Waals surface area contributed by atoms with E-state index in [-0.39, 0.29) is 11.8 Å². The Labute approximate surface area is 316 Å². The van der Waals surface area contributed by atoms with Gasteiger partial charge in [0.15, 0.2) is 17.3 Å². The van der Waals surface area contributed by atoms with Gasteiger partial charge in [-0.1, -0.05) is 60.7 Å². The average molecular weight is 796 g/mol. The van der Waals surface area contributed by atoms with E-state index in [1.165, 1.54) is 6.92 Å². The number of carbonyl (C=O) groups is 2. The monoisotopic (exact) mass is 793 g/mol. The van der Waals surface area contributed by atoms with Crippen molar-refractivity contribution in [3.8, 4) is 11.5 Å². The lowest BCUT2D eigenvalue weighted by Crippen LogP contribution is -2.25. The van der Waals surface area contributed by atoms with E-state index >= 15 is 0 Å². The van der Waals surface area contributed by atoms with Crippen LogP contribution in [0.5, 0.6) is 11.5 Å². The van der Waals surface area contributed by atoms with Crippen LogP contribution < -0.4 is 19.6 Å². The third kappa shape index (κ3) is 15.5. The van der Waals surface area contributed by atoms with E-state index in [0.29, 0.717) is 43.7 Å². The number of nitrogen functional groups attached to an aromatic ring is 1. The molecular formula is C36H38Cl4N4O6P+. The number of rotatable bonds is 9. The first kappa shape index (κ1) is 41.5. The largest absolute Gasteiger partial charge is 0.485 e. The Kier molecular flexibility index (Phi) is 17.5. The fourth-order valence-electron chi connectivity index (χ4n) is 4.52. The second kappa shape index (κ2) is 21.4. The fraction of sp³-hybridized carbons (Fsp3) is 0.250. The number of aryl methyl sites for hydroxylation is 2. The summed E-state index contributed by atoms with van der Waals surface area (Å²) < 4.78 is 27.6. The molecular weight excluding hydrogens is 757 g/mol. The van der Waals surface area contributed by atoms with Gasteiger partial charge in [-0.15, -0.1) is 11.6 Å². The molecule has 1 aliphatic rings. The molecule has 270 valence electrons. The van der Waals surface area contributed by atoms with E-state index in [1.54, 1.807) is 12.3 Å². The van der Waals surface area contributed by atoms with Crippen molar-refractivity contribution in [3.63, 3.8) is 0 Å². The number of benzene rings is 2. The molecule has 0 aliphatic carbocycles. The minimum Gasteiger partial charge on any atom is -0.485 e. The molecule has 5 aromatic rings. The van der Waals surface area contributed by atoms with Crippen molar-refractivity contribution in [1.29, 1.82) is 0 Å². The van der Waals surface area contributed by atoms with Crippen molar-refractivity contribution in [3.05, 3.63) is 126 Å². The lowest BCUT2D eigenvalue weighted by molar-refractivity contribution is -0.515. The van der Waals surface area contributed by atoms with Crippen LogP contribution in [0.25, 0.3) is 5.65 Å². The summed E-state index contributed by atoms with van der Waals surface area (Å²) in [6.07, 6.45) is 7.08. The van der Waals surface area contributed by atoms with Gasteiger partial charge in [0, 0.05) is 31.0 Å². The third-order valence-electron chi connectivity index (χ3n) is 7.06. The Bertz CT molecular complexity index is 1890. The molecule has 1 saturated heterocycles. The molecule has 1 atom stereocenters. The van der Waals surface area contributed by atoms with E-state index in [1.807, 2.05) is 84.3 Å². The summed E-state index contributed by atoms with van der Waals surface area (Å²) in [5.74, 6) is 1.52. The Morgan fingerprint density at radius 1 is 0.941 bits per heavy atom. The third-order valence-corrected chi connectivity index (χ3v) is 7.25. The standard InChI is InChI=1S/C18H18ClN2O.C12H12N2O.C6H8O3.Cl3OP/c1-14-16(9-10-19)12-21-11-5-8-17(18(21)20-14)22-13-15-6-3-2-4-7-15;13-12-11(7-4-8-14-12)15-9-10-5-2-1-3-6-10;1-4(7)5-2-3-9-6(5)8;1-5(2,3)4/h2-8,11-12H,9-10,13H2,1H3;1-8H,9H2,(H2,13,14);5H,2-3H2,1H3;/q+1;;;. The van der Waals surface area contributed by atoms with Gasteiger partial charge in [0.2, 0.25) is 5.75 Å². The van der Waals surface area contributed by atoms with Crippen molar-refractivity contribution in [2.24, 2.45) is 5.92 Å². The van der Waals surface area contributed by atoms with Gasteiger partial charge < -0.3 is 19.9 Å². The molecule has 2 aromatic carbocycles. The number of aromatic nitrogens is 3. The van der Waals surface area contributed by atoms with Gasteiger partial charge in [-0.2, -0.15) is 4.40 Å². The van der Waals surface area contributed by atoms with Gasteiger partial charge >= 0.3 is 16.8 Å². The van der Waals surface area contributed by atoms with E-state index in [0.717, 1.165) is 40.2 Å². The average Bonchev–Trinajstić information content (AvgIpc) is 3.54. The highest BCUT2D eigenvalue weighted by Crippen LogP contribution is 2.61. The molecule has 1 fully saturated rings. The Hall–Kier alpha value is -3.92. The number of cyclic esters (lactones) is 1. The van der Waals surface area contributed by atoms with Gasteiger partial charge in [-0.25, -0.2) is 4.98 Å². The maximum atomic E-state index is 10.6. The zero-order valence-electron chi connectivity index (χ0n) is 28.0. The zero-order chi connectivity index (χ0) is 37.2. The van der Waals surface area contributed by atoms with E-state index in [2.05, 4.69) is 66.8 Å². The number of alkyl halides is 1. The molecule has 51 heavy (non-hydrogen) atoms. The predicted octanol–water partition coefficient (Wildman–Crippen LogP) is 8.68. The van der Waals surface area contributed by atoms with Crippen LogP contribution in [0.2, 0.25) is 0 Å². The number of carbonyl (C=O) groups excluding carboxylic acids is 2. The smallest absolute Gasteiger partial charge is 0.370 e. The molecule has 1 aliphatic heterocycles. The summed E-state index contributed by atoms with van der Waals surface area (Å²) in [5, 5.41) is -3.22. The molecule has 3 aromatic heterocycles. The van der Waals surface area contributed by atoms with E-state index in [4.69, 9.17) is 26.8 Å². The number of pyridine rings is 2. The quantitative estimate of drug-likeness (QED) is 0.0511. The Morgan fingerprint density at radius 3 is 2.00 bits per heavy atom. The van der Waals surface area contributed by atoms with Gasteiger partial charge in [-0.3, -0.25) is 14.2 Å². The molecule has 0 spiro atoms. The normalized spacial score (nSPS) is 13.3. The minimum absolute atomic E-state index is 0.0856. The number of hydrogen-bond donors (Lipinski definition) is 1. The molecule has 0 amide bonds. The van der Waals surface area contributed by atoms with Gasteiger partial charge in [0.25, 0.3) is 0 Å². The molecule has 1 unspecified atom stereocenters. The number of nitrogens with two attached hydrogens (primary N) is 1. The van der Waals surface area contributed by atoms with Crippen LogP contribution in [0.1, 0.15) is 35.7 Å². The number of nitrogens with zero attached hydrogens (tertiary/aromatic N) is 3. The van der Waals surface area contributed by atoms with Crippen LogP contribution in [-0.2, 0) is 38.5 Å². The SMILES string of the molecule is CC(=O)C1CCOC1=O.Cc1nc2c(OCc3ccccc3)ccc[n+]2cc1CCCl.Nc1ncccc1OCc1ccccc1.O=P(Cl)(Cl)Cl. The molecule has 2 N–H and O–H groups in total. The first-order valence-electron chi connectivity index (χ1n) is 15.6. The number of halogens is 4. The lowest BCUT2D eigenvalue weighted by atomic mass is 10.1. The van der Waals surface area contributed by atoms with Crippen molar-refractivity contribution in [1.82, 2.24) is 9.97 Å². The summed E-state index contributed by atoms with van der Waals surface area (Å²) in [4.78, 5) is 29.8. The summed E-state index contributed by atoms with van der Waals surface area (Å²) >= 11 is 19.7. The molecule has 0 radical (unpaired) electrons. The van der Waals surface area contributed by atoms with Crippen LogP contribution in [0, 0.1) is 12.8 Å². The topological polar surface area (TPSA) is 135 Å². The van der Waals surface area contributed by atoms with Crippen molar-refractivity contribution >= 4 is 73.7 Å². The minimum atomic E-state index is -3.22. The van der Waals surface area contributed by atoms with Crippen molar-refractivity contribution in [2.75, 3.05) is 18.2 Å². The maximum Gasteiger partial charge on any atom is 0.370 e. The fourth-order valence-corrected chi connectivity index (χ4v) is 4.73. The van der Waals surface area contributed by atoms with Crippen LogP contribution in [0.4, 0.5) is 5.82 Å². The summed E-state index contributed by atoms with van der Waals surface area (Å²) in [5.41, 5.74) is 10.9. The van der Waals surface area contributed by atoms with Crippen molar-refractivity contribution in [2.45, 2.75) is 39.9 Å². The van der Waals surface area contributed by atoms with Gasteiger partial charge in [0.05, 0.1) is 12.8 Å². The molecule has 6 rings (SSSR count). The number of Topliss-reactive ketones (excluding diaryl/α,β-unsaturated/α-hetero) is 1. The number of esters is 1. The van der Waals surface area contributed by atoms with Crippen LogP contribution >= 0.6 is 50.5 Å². The molecule has 0 bridgehead atoms. The molecule has 0 saturated carbocycles. The highest BCUT2D eigenvalue weighted by Gasteiger charge is 2.30. The van der Waals surface area contributed by atoms with Crippen molar-refractivity contribution < 1.29 is 32.8 Å². The number of ether oxygens (including phenoxy) is 3. The summed E-state index contributed by atoms with van der Waals surface area (Å²) in [6.45, 7) is 4.87. The molecule has 4 heterocycles. The second-order valence-corrected chi connectivity index (χ2v) is 17.9. The van der Waals surface area contributed by atoms with Crippen LogP contribution in [0.15, 0.2) is 104 Å². The Morgan fingerprint density at radius 2 is 1.51 bits per heavy atom. The maximum absolute atomic E-state index is 10.6. The van der Waals surface area contributed by atoms with Gasteiger partial charge in [0.1, 0.15) is 31.1 Å². The number of anilines is 1. The van der Waals surface area contributed by atoms with Crippen LogP contribution in [0.3, 0.4) is 0 Å². The second-order valence-electron chi connectivity index (χ2n) is 10.8. The predicted molar refractivity (Wildman–Crippen MR) is 202 cm³/mol. The summed E-state index contributed by atoms with van der Waals surface area (Å²) in [6, 6.07) is 27.6. The van der Waals surface area contributed by atoms with E-state index in [9.17, 15) is 14.2 Å².